The zero-order chi connectivity index (χ0) is 10.6. The fourth-order valence-corrected chi connectivity index (χ4v) is 1.71. The second kappa shape index (κ2) is 5.31. The van der Waals surface area contributed by atoms with Crippen molar-refractivity contribution in [3.05, 3.63) is 33.4 Å². The summed E-state index contributed by atoms with van der Waals surface area (Å²) in [5.74, 6) is -0.594. The van der Waals surface area contributed by atoms with Gasteiger partial charge in [-0.05, 0) is 40.3 Å². The minimum atomic E-state index is -1.07. The summed E-state index contributed by atoms with van der Waals surface area (Å²) in [4.78, 5) is 10.9. The van der Waals surface area contributed by atoms with E-state index in [1.165, 1.54) is 7.11 Å². The maximum Gasteiger partial charge on any atom is 0.335 e. The molecule has 0 saturated carbocycles. The monoisotopic (exact) mass is 306 g/mol. The summed E-state index contributed by atoms with van der Waals surface area (Å²) in [5, 5.41) is 9.39. The van der Waals surface area contributed by atoms with Crippen molar-refractivity contribution in [1.82, 2.24) is 0 Å². The lowest BCUT2D eigenvalue weighted by molar-refractivity contribution is -0.150. The van der Waals surface area contributed by atoms with Crippen LogP contribution in [0.2, 0.25) is 0 Å². The topological polar surface area (TPSA) is 46.5 Å². The molecule has 1 aromatic rings. The lowest BCUT2D eigenvalue weighted by Gasteiger charge is -2.08. The van der Waals surface area contributed by atoms with Gasteiger partial charge in [-0.3, -0.25) is 0 Å². The first kappa shape index (κ1) is 11.5. The number of aliphatic hydroxyl groups is 1. The van der Waals surface area contributed by atoms with E-state index in [0.717, 1.165) is 9.13 Å². The highest BCUT2D eigenvalue weighted by Gasteiger charge is 2.15. The van der Waals surface area contributed by atoms with Crippen LogP contribution in [0.4, 0.5) is 0 Å². The minimum absolute atomic E-state index is 0.295. The molecule has 1 unspecified atom stereocenters. The zero-order valence-electron chi connectivity index (χ0n) is 7.74. The summed E-state index contributed by atoms with van der Waals surface area (Å²) in [7, 11) is 1.26. The molecule has 0 heterocycles. The molecule has 0 spiro atoms. The first-order chi connectivity index (χ1) is 6.63. The molecule has 3 nitrogen and oxygen atoms in total. The Labute approximate surface area is 96.2 Å². The summed E-state index contributed by atoms with van der Waals surface area (Å²) in [5.41, 5.74) is 0.926. The van der Waals surface area contributed by atoms with E-state index in [-0.39, 0.29) is 0 Å². The number of hydrogen-bond acceptors (Lipinski definition) is 3. The molecule has 0 bridgehead atoms. The molecule has 0 aliphatic carbocycles. The Bertz CT molecular complexity index is 325. The summed E-state index contributed by atoms with van der Waals surface area (Å²) < 4.78 is 5.50. The number of carbonyl (C=O) groups is 1. The third-order valence-corrected chi connectivity index (χ3v) is 2.46. The van der Waals surface area contributed by atoms with Crippen LogP contribution in [0, 0.1) is 3.57 Å². The van der Waals surface area contributed by atoms with Crippen LogP contribution in [0.5, 0.6) is 0 Å². The molecule has 76 valence electrons. The SMILES string of the molecule is COC(=O)C(O)Cc1cccc(I)c1. The van der Waals surface area contributed by atoms with Crippen LogP contribution in [-0.4, -0.2) is 24.3 Å². The van der Waals surface area contributed by atoms with E-state index in [9.17, 15) is 9.90 Å². The molecule has 1 rings (SSSR count). The van der Waals surface area contributed by atoms with Gasteiger partial charge in [-0.25, -0.2) is 4.79 Å². The molecule has 0 amide bonds. The van der Waals surface area contributed by atoms with Crippen molar-refractivity contribution in [1.29, 1.82) is 0 Å². The Hall–Kier alpha value is -0.620. The van der Waals surface area contributed by atoms with E-state index in [4.69, 9.17) is 0 Å². The number of halogens is 1. The van der Waals surface area contributed by atoms with Crippen LogP contribution in [0.1, 0.15) is 5.56 Å². The van der Waals surface area contributed by atoms with Gasteiger partial charge in [-0.2, -0.15) is 0 Å². The second-order valence-corrected chi connectivity index (χ2v) is 4.12. The molecular weight excluding hydrogens is 295 g/mol. The van der Waals surface area contributed by atoms with E-state index in [2.05, 4.69) is 27.3 Å². The normalized spacial score (nSPS) is 12.2. The first-order valence-electron chi connectivity index (χ1n) is 4.14. The van der Waals surface area contributed by atoms with Crippen molar-refractivity contribution in [3.63, 3.8) is 0 Å². The van der Waals surface area contributed by atoms with Crippen molar-refractivity contribution in [2.75, 3.05) is 7.11 Å². The van der Waals surface area contributed by atoms with Crippen LogP contribution < -0.4 is 0 Å². The van der Waals surface area contributed by atoms with Gasteiger partial charge in [0.05, 0.1) is 7.11 Å². The van der Waals surface area contributed by atoms with Crippen LogP contribution in [0.15, 0.2) is 24.3 Å². The second-order valence-electron chi connectivity index (χ2n) is 2.87. The highest BCUT2D eigenvalue weighted by molar-refractivity contribution is 14.1. The molecular formula is C10H11IO3. The third-order valence-electron chi connectivity index (χ3n) is 1.79. The minimum Gasteiger partial charge on any atom is -0.467 e. The molecule has 1 N–H and O–H groups in total. The van der Waals surface area contributed by atoms with Crippen molar-refractivity contribution in [2.45, 2.75) is 12.5 Å². The van der Waals surface area contributed by atoms with E-state index >= 15 is 0 Å². The van der Waals surface area contributed by atoms with Crippen molar-refractivity contribution in [2.24, 2.45) is 0 Å². The number of rotatable bonds is 3. The predicted octanol–water partition coefficient (Wildman–Crippen LogP) is 1.37. The van der Waals surface area contributed by atoms with E-state index in [1.807, 2.05) is 24.3 Å². The Balaban J connectivity index is 2.64. The highest BCUT2D eigenvalue weighted by Crippen LogP contribution is 2.10. The van der Waals surface area contributed by atoms with Crippen LogP contribution in [0.25, 0.3) is 0 Å². The van der Waals surface area contributed by atoms with Gasteiger partial charge >= 0.3 is 5.97 Å². The van der Waals surface area contributed by atoms with E-state index in [0.29, 0.717) is 6.42 Å². The summed E-state index contributed by atoms with van der Waals surface area (Å²) in [6.07, 6.45) is -0.776. The van der Waals surface area contributed by atoms with Gasteiger partial charge in [0.15, 0.2) is 6.10 Å². The van der Waals surface area contributed by atoms with Gasteiger partial charge in [0.25, 0.3) is 0 Å². The molecule has 0 aromatic heterocycles. The maximum atomic E-state index is 10.9. The quantitative estimate of drug-likeness (QED) is 0.678. The first-order valence-corrected chi connectivity index (χ1v) is 5.21. The standard InChI is InChI=1S/C10H11IO3/c1-14-10(13)9(12)6-7-3-2-4-8(11)5-7/h2-5,9,12H,6H2,1H3. The Morgan fingerprint density at radius 1 is 1.64 bits per heavy atom. The van der Waals surface area contributed by atoms with Gasteiger partial charge in [-0.1, -0.05) is 12.1 Å². The Kier molecular flexibility index (Phi) is 4.34. The number of ether oxygens (including phenoxy) is 1. The molecule has 1 atom stereocenters. The van der Waals surface area contributed by atoms with E-state index < -0.39 is 12.1 Å². The number of carbonyl (C=O) groups excluding carboxylic acids is 1. The Morgan fingerprint density at radius 2 is 2.36 bits per heavy atom. The molecule has 0 saturated heterocycles. The molecule has 0 radical (unpaired) electrons. The number of esters is 1. The average Bonchev–Trinajstić information content (AvgIpc) is 2.16. The number of aliphatic hydroxyl groups excluding tert-OH is 1. The van der Waals surface area contributed by atoms with Crippen LogP contribution in [-0.2, 0) is 16.0 Å². The number of benzene rings is 1. The molecule has 14 heavy (non-hydrogen) atoms. The van der Waals surface area contributed by atoms with Gasteiger partial charge in [0.2, 0.25) is 0 Å². The van der Waals surface area contributed by atoms with Gasteiger partial charge in [0.1, 0.15) is 0 Å². The van der Waals surface area contributed by atoms with Crippen LogP contribution >= 0.6 is 22.6 Å². The molecule has 0 fully saturated rings. The smallest absolute Gasteiger partial charge is 0.335 e. The van der Waals surface area contributed by atoms with E-state index in [1.54, 1.807) is 0 Å². The van der Waals surface area contributed by atoms with Crippen molar-refractivity contribution >= 4 is 28.6 Å². The number of methoxy groups -OCH3 is 1. The van der Waals surface area contributed by atoms with Crippen molar-refractivity contribution < 1.29 is 14.6 Å². The molecule has 1 aromatic carbocycles. The Morgan fingerprint density at radius 3 is 2.93 bits per heavy atom. The maximum absolute atomic E-state index is 10.9. The third kappa shape index (κ3) is 3.26. The average molecular weight is 306 g/mol. The fourth-order valence-electron chi connectivity index (χ4n) is 1.11. The van der Waals surface area contributed by atoms with Gasteiger partial charge < -0.3 is 9.84 Å². The van der Waals surface area contributed by atoms with Gasteiger partial charge in [-0.15, -0.1) is 0 Å². The van der Waals surface area contributed by atoms with Crippen molar-refractivity contribution in [3.8, 4) is 0 Å². The van der Waals surface area contributed by atoms with Crippen LogP contribution in [0.3, 0.4) is 0 Å². The highest BCUT2D eigenvalue weighted by atomic mass is 127. The molecule has 0 aliphatic rings. The predicted molar refractivity (Wildman–Crippen MR) is 60.9 cm³/mol. The summed E-state index contributed by atoms with van der Waals surface area (Å²) in [6, 6.07) is 7.64. The lowest BCUT2D eigenvalue weighted by Crippen LogP contribution is -2.24. The fraction of sp³-hybridized carbons (Fsp3) is 0.300. The molecule has 4 heteroatoms. The summed E-state index contributed by atoms with van der Waals surface area (Å²) in [6.45, 7) is 0. The molecule has 0 aliphatic heterocycles. The largest absolute Gasteiger partial charge is 0.467 e. The lowest BCUT2D eigenvalue weighted by atomic mass is 10.1. The summed E-state index contributed by atoms with van der Waals surface area (Å²) >= 11 is 2.18. The zero-order valence-corrected chi connectivity index (χ0v) is 9.89. The number of hydrogen-bond donors (Lipinski definition) is 1. The van der Waals surface area contributed by atoms with Gasteiger partial charge in [0, 0.05) is 9.99 Å².